The first kappa shape index (κ1) is 27.8. The standard InChI is InChI=1S/C39H33NO3/c41-39(42)38-35(22-10-26-43-36-23-9-18-31-17-4-5-20-33(31)36)34-21-8-19-32(37(34)40-38)25-24-30-16-7-15-29(27-30)14-6-13-28-11-2-1-3-12-28/h1-9,11-12,14-21,23-25,27,40H,10,13,22,26H2,(H,41,42)/b14-6+,25-24?. The monoisotopic (exact) mass is 563 g/mol. The van der Waals surface area contributed by atoms with E-state index in [0.717, 1.165) is 56.1 Å². The number of aromatic carboxylic acids is 1. The molecule has 2 N–H and O–H groups in total. The highest BCUT2D eigenvalue weighted by Gasteiger charge is 2.18. The Morgan fingerprint density at radius 2 is 1.47 bits per heavy atom. The molecule has 6 rings (SSSR count). The number of carboxylic acids is 1. The molecule has 1 heterocycles. The van der Waals surface area contributed by atoms with Crippen LogP contribution in [-0.2, 0) is 12.8 Å². The van der Waals surface area contributed by atoms with Crippen LogP contribution in [0, 0.1) is 0 Å². The largest absolute Gasteiger partial charge is 0.493 e. The molecule has 0 spiro atoms. The van der Waals surface area contributed by atoms with Gasteiger partial charge in [-0.1, -0.05) is 127 Å². The first-order valence-electron chi connectivity index (χ1n) is 14.6. The number of aromatic amines is 1. The fourth-order valence-corrected chi connectivity index (χ4v) is 5.53. The summed E-state index contributed by atoms with van der Waals surface area (Å²) in [4.78, 5) is 15.4. The third-order valence-electron chi connectivity index (χ3n) is 7.64. The van der Waals surface area contributed by atoms with Crippen molar-refractivity contribution < 1.29 is 14.6 Å². The summed E-state index contributed by atoms with van der Waals surface area (Å²) in [5.74, 6) is -0.107. The molecular weight excluding hydrogens is 530 g/mol. The second kappa shape index (κ2) is 13.1. The van der Waals surface area contributed by atoms with Gasteiger partial charge in [0.1, 0.15) is 11.4 Å². The van der Waals surface area contributed by atoms with Gasteiger partial charge in [-0.3, -0.25) is 0 Å². The van der Waals surface area contributed by atoms with Crippen molar-refractivity contribution in [2.45, 2.75) is 19.3 Å². The summed E-state index contributed by atoms with van der Waals surface area (Å²) in [7, 11) is 0. The lowest BCUT2D eigenvalue weighted by atomic mass is 10.0. The molecule has 0 unspecified atom stereocenters. The van der Waals surface area contributed by atoms with Gasteiger partial charge in [-0.25, -0.2) is 4.79 Å². The zero-order valence-corrected chi connectivity index (χ0v) is 23.9. The Hall–Kier alpha value is -5.35. The number of hydrogen-bond acceptors (Lipinski definition) is 2. The lowest BCUT2D eigenvalue weighted by Crippen LogP contribution is -2.04. The highest BCUT2D eigenvalue weighted by molar-refractivity contribution is 6.01. The van der Waals surface area contributed by atoms with E-state index in [1.165, 1.54) is 5.56 Å². The van der Waals surface area contributed by atoms with Gasteiger partial charge in [0.2, 0.25) is 0 Å². The maximum absolute atomic E-state index is 12.2. The number of aromatic nitrogens is 1. The van der Waals surface area contributed by atoms with Crippen molar-refractivity contribution in [3.63, 3.8) is 0 Å². The summed E-state index contributed by atoms with van der Waals surface area (Å²) in [5, 5.41) is 13.2. The molecule has 43 heavy (non-hydrogen) atoms. The average molecular weight is 564 g/mol. The lowest BCUT2D eigenvalue weighted by molar-refractivity contribution is 0.0690. The molecule has 0 aliphatic heterocycles. The summed E-state index contributed by atoms with van der Waals surface area (Å²) >= 11 is 0. The van der Waals surface area contributed by atoms with E-state index in [9.17, 15) is 9.90 Å². The highest BCUT2D eigenvalue weighted by atomic mass is 16.5. The number of ether oxygens (including phenoxy) is 1. The third-order valence-corrected chi connectivity index (χ3v) is 7.64. The van der Waals surface area contributed by atoms with Crippen molar-refractivity contribution in [1.82, 2.24) is 4.98 Å². The molecular formula is C39H33NO3. The molecule has 0 saturated heterocycles. The average Bonchev–Trinajstić information content (AvgIpc) is 3.42. The van der Waals surface area contributed by atoms with Crippen molar-refractivity contribution in [2.75, 3.05) is 6.61 Å². The predicted octanol–water partition coefficient (Wildman–Crippen LogP) is 9.46. The first-order chi connectivity index (χ1) is 21.2. The number of rotatable bonds is 11. The van der Waals surface area contributed by atoms with E-state index in [-0.39, 0.29) is 5.69 Å². The zero-order chi connectivity index (χ0) is 29.4. The molecule has 5 aromatic carbocycles. The molecule has 4 nitrogen and oxygen atoms in total. The van der Waals surface area contributed by atoms with Crippen LogP contribution in [0.15, 0.2) is 121 Å². The maximum atomic E-state index is 12.2. The highest BCUT2D eigenvalue weighted by Crippen LogP contribution is 2.29. The number of hydrogen-bond donors (Lipinski definition) is 2. The number of para-hydroxylation sites is 1. The van der Waals surface area contributed by atoms with E-state index in [1.54, 1.807) is 0 Å². The van der Waals surface area contributed by atoms with Crippen LogP contribution >= 0.6 is 0 Å². The fourth-order valence-electron chi connectivity index (χ4n) is 5.53. The van der Waals surface area contributed by atoms with Crippen LogP contribution in [0.25, 0.3) is 39.9 Å². The van der Waals surface area contributed by atoms with Gasteiger partial charge in [0.25, 0.3) is 0 Å². The quantitative estimate of drug-likeness (QED) is 0.122. The van der Waals surface area contributed by atoms with Gasteiger partial charge < -0.3 is 14.8 Å². The van der Waals surface area contributed by atoms with E-state index < -0.39 is 5.97 Å². The van der Waals surface area contributed by atoms with Gasteiger partial charge >= 0.3 is 5.97 Å². The number of benzene rings is 5. The minimum atomic E-state index is -0.953. The van der Waals surface area contributed by atoms with E-state index in [1.807, 2.05) is 54.6 Å². The molecule has 0 aliphatic carbocycles. The SMILES string of the molecule is O=C(O)c1[nH]c2c(C=Cc3cccc(/C=C/Cc4ccccc4)c3)cccc2c1CCCOc1cccc2ccccc12. The Kier molecular flexibility index (Phi) is 8.46. The van der Waals surface area contributed by atoms with Crippen molar-refractivity contribution in [2.24, 2.45) is 0 Å². The molecule has 0 atom stereocenters. The summed E-state index contributed by atoms with van der Waals surface area (Å²) in [5.41, 5.74) is 6.33. The number of carbonyl (C=O) groups is 1. The minimum absolute atomic E-state index is 0.242. The van der Waals surface area contributed by atoms with E-state index in [2.05, 4.69) is 89.9 Å². The Morgan fingerprint density at radius 1 is 0.744 bits per heavy atom. The van der Waals surface area contributed by atoms with Crippen molar-refractivity contribution >= 4 is 45.9 Å². The van der Waals surface area contributed by atoms with Crippen LogP contribution in [0.1, 0.15) is 44.7 Å². The molecule has 6 aromatic rings. The molecule has 0 saturated carbocycles. The number of allylic oxidation sites excluding steroid dienone is 1. The van der Waals surface area contributed by atoms with Gasteiger partial charge in [-0.05, 0) is 64.6 Å². The van der Waals surface area contributed by atoms with Crippen LogP contribution in [0.5, 0.6) is 5.75 Å². The second-order valence-electron chi connectivity index (χ2n) is 10.6. The summed E-state index contributed by atoms with van der Waals surface area (Å²) < 4.78 is 6.12. The Balaban J connectivity index is 1.17. The van der Waals surface area contributed by atoms with Crippen LogP contribution in [-0.4, -0.2) is 22.7 Å². The summed E-state index contributed by atoms with van der Waals surface area (Å²) in [6.07, 6.45) is 10.6. The molecule has 1 aromatic heterocycles. The van der Waals surface area contributed by atoms with Crippen molar-refractivity contribution in [3.05, 3.63) is 155 Å². The summed E-state index contributed by atoms with van der Waals surface area (Å²) in [6, 6.07) is 39.0. The zero-order valence-electron chi connectivity index (χ0n) is 23.9. The fraction of sp³-hybridized carbons (Fsp3) is 0.103. The smallest absolute Gasteiger partial charge is 0.352 e. The molecule has 0 fully saturated rings. The molecule has 4 heteroatoms. The normalized spacial score (nSPS) is 11.6. The van der Waals surface area contributed by atoms with E-state index >= 15 is 0 Å². The van der Waals surface area contributed by atoms with Gasteiger partial charge in [0.15, 0.2) is 0 Å². The molecule has 212 valence electrons. The van der Waals surface area contributed by atoms with Gasteiger partial charge in [-0.15, -0.1) is 0 Å². The molecule has 0 aliphatic rings. The Bertz CT molecular complexity index is 1930. The first-order valence-corrected chi connectivity index (χ1v) is 14.6. The van der Waals surface area contributed by atoms with E-state index in [4.69, 9.17) is 4.74 Å². The number of fused-ring (bicyclic) bond motifs is 2. The predicted molar refractivity (Wildman–Crippen MR) is 178 cm³/mol. The van der Waals surface area contributed by atoms with Crippen molar-refractivity contribution in [1.29, 1.82) is 0 Å². The van der Waals surface area contributed by atoms with Crippen LogP contribution < -0.4 is 4.74 Å². The lowest BCUT2D eigenvalue weighted by Gasteiger charge is -2.09. The molecule has 0 bridgehead atoms. The van der Waals surface area contributed by atoms with Gasteiger partial charge in [0.05, 0.1) is 12.1 Å². The Morgan fingerprint density at radius 3 is 2.33 bits per heavy atom. The van der Waals surface area contributed by atoms with Crippen molar-refractivity contribution in [3.8, 4) is 5.75 Å². The Labute approximate surface area is 251 Å². The minimum Gasteiger partial charge on any atom is -0.493 e. The molecule has 0 amide bonds. The maximum Gasteiger partial charge on any atom is 0.352 e. The van der Waals surface area contributed by atoms with Gasteiger partial charge in [-0.2, -0.15) is 0 Å². The second-order valence-corrected chi connectivity index (χ2v) is 10.6. The number of H-pyrrole nitrogens is 1. The molecule has 0 radical (unpaired) electrons. The third kappa shape index (κ3) is 6.60. The van der Waals surface area contributed by atoms with Crippen LogP contribution in [0.4, 0.5) is 0 Å². The van der Waals surface area contributed by atoms with E-state index in [0.29, 0.717) is 19.4 Å². The van der Waals surface area contributed by atoms with Crippen LogP contribution in [0.2, 0.25) is 0 Å². The number of aryl methyl sites for hydroxylation is 1. The van der Waals surface area contributed by atoms with Crippen LogP contribution in [0.3, 0.4) is 0 Å². The topological polar surface area (TPSA) is 62.3 Å². The number of nitrogens with one attached hydrogen (secondary N) is 1. The summed E-state index contributed by atoms with van der Waals surface area (Å²) in [6.45, 7) is 0.496. The van der Waals surface area contributed by atoms with Gasteiger partial charge in [0, 0.05) is 10.8 Å². The number of carboxylic acid groups (broad SMARTS) is 1.